The highest BCUT2D eigenvalue weighted by molar-refractivity contribution is 8.20. The molecule has 2 atom stereocenters. The lowest BCUT2D eigenvalue weighted by Gasteiger charge is -2.09. The van der Waals surface area contributed by atoms with Gasteiger partial charge in [0.15, 0.2) is 0 Å². The Morgan fingerprint density at radius 2 is 2.09 bits per heavy atom. The Labute approximate surface area is 135 Å². The van der Waals surface area contributed by atoms with Crippen molar-refractivity contribution in [1.82, 2.24) is 0 Å². The van der Waals surface area contributed by atoms with Crippen molar-refractivity contribution in [3.8, 4) is 0 Å². The smallest absolute Gasteiger partial charge is 0.587 e. The van der Waals surface area contributed by atoms with Crippen molar-refractivity contribution < 1.29 is 43.4 Å². The Kier molecular flexibility index (Phi) is 11.5. The number of aliphatic carboxylic acids is 1. The highest BCUT2D eigenvalue weighted by Gasteiger charge is 2.43. The Morgan fingerprint density at radius 3 is 2.57 bits per heavy atom. The molecule has 23 heavy (non-hydrogen) atoms. The molecule has 9 nitrogen and oxygen atoms in total. The van der Waals surface area contributed by atoms with E-state index in [-0.39, 0.29) is 19.4 Å². The molecule has 0 radical (unpaired) electrons. The fourth-order valence-electron chi connectivity index (χ4n) is 1.72. The van der Waals surface area contributed by atoms with Gasteiger partial charge in [-0.2, -0.15) is 0 Å². The largest absolute Gasteiger partial charge is 0.596 e. The van der Waals surface area contributed by atoms with Crippen LogP contribution in [-0.4, -0.2) is 22.9 Å². The van der Waals surface area contributed by atoms with E-state index in [0.717, 1.165) is 12.8 Å². The number of carboxylic acid groups (broad SMARTS) is 1. The quantitative estimate of drug-likeness (QED) is 0.164. The first-order valence-corrected chi connectivity index (χ1v) is 10.4. The van der Waals surface area contributed by atoms with Crippen molar-refractivity contribution in [1.29, 1.82) is 0 Å². The zero-order chi connectivity index (χ0) is 17.9. The molecule has 0 spiro atoms. The lowest BCUT2D eigenvalue weighted by atomic mass is 10.0. The summed E-state index contributed by atoms with van der Waals surface area (Å²) >= 11 is 0. The maximum Gasteiger partial charge on any atom is 0.596 e. The van der Waals surface area contributed by atoms with E-state index in [0.29, 0.717) is 17.9 Å². The summed E-state index contributed by atoms with van der Waals surface area (Å²) in [5.74, 6) is -0.488. The van der Waals surface area contributed by atoms with Crippen LogP contribution in [0.3, 0.4) is 0 Å². The highest BCUT2D eigenvalue weighted by Crippen LogP contribution is 2.66. The molecule has 0 amide bonds. The average molecular weight is 372 g/mol. The number of rotatable bonds is 13. The molecule has 0 saturated heterocycles. The maximum absolute atomic E-state index is 11.6. The van der Waals surface area contributed by atoms with Gasteiger partial charge in [-0.1, -0.05) is 46.2 Å². The predicted octanol–water partition coefficient (Wildman–Crippen LogP) is 3.25. The third-order valence-corrected chi connectivity index (χ3v) is 5.71. The van der Waals surface area contributed by atoms with Crippen LogP contribution in [0.15, 0.2) is 11.6 Å². The molecular formula is C12H22O9P2. The molecule has 0 heterocycles. The molecule has 0 aromatic heterocycles. The first-order chi connectivity index (χ1) is 10.7. The van der Waals surface area contributed by atoms with Crippen LogP contribution in [0.4, 0.5) is 0 Å². The Hall–Kier alpha value is -0.660. The molecule has 134 valence electrons. The predicted molar refractivity (Wildman–Crippen MR) is 79.6 cm³/mol. The van der Waals surface area contributed by atoms with Crippen molar-refractivity contribution >= 4 is 21.0 Å². The van der Waals surface area contributed by atoms with E-state index in [2.05, 4.69) is 28.1 Å². The number of hydrogen-bond donors (Lipinski definition) is 2. The lowest BCUT2D eigenvalue weighted by Crippen LogP contribution is -2.03. The fraction of sp³-hybridized carbons (Fsp3) is 0.750. The van der Waals surface area contributed by atoms with Gasteiger partial charge < -0.3 is 10.00 Å². The van der Waals surface area contributed by atoms with Crippen molar-refractivity contribution in [2.24, 2.45) is 5.92 Å². The molecule has 2 N–H and O–H groups in total. The summed E-state index contributed by atoms with van der Waals surface area (Å²) in [4.78, 5) is 21.6. The lowest BCUT2D eigenvalue weighted by molar-refractivity contribution is -0.442. The molecular weight excluding hydrogens is 350 g/mol. The van der Waals surface area contributed by atoms with Gasteiger partial charge in [0.1, 0.15) is 0 Å². The summed E-state index contributed by atoms with van der Waals surface area (Å²) in [6.07, 6.45) is 4.18. The molecule has 0 fully saturated rings. The van der Waals surface area contributed by atoms with Crippen molar-refractivity contribution in [3.05, 3.63) is 11.6 Å². The van der Waals surface area contributed by atoms with Crippen molar-refractivity contribution in [2.75, 3.05) is 6.61 Å². The van der Waals surface area contributed by atoms with Crippen LogP contribution in [-0.2, 0) is 28.2 Å². The monoisotopic (exact) mass is 372 g/mol. The van der Waals surface area contributed by atoms with E-state index in [1.807, 2.05) is 0 Å². The van der Waals surface area contributed by atoms with Gasteiger partial charge in [-0.25, -0.2) is 9.82 Å². The van der Waals surface area contributed by atoms with Gasteiger partial charge in [-0.15, -0.1) is 0 Å². The number of allylic oxidation sites excluding steroid dienone is 1. The molecule has 11 heteroatoms. The number of hydrogen-bond acceptors (Lipinski definition) is 8. The molecule has 0 rings (SSSR count). The summed E-state index contributed by atoms with van der Waals surface area (Å²) in [6, 6.07) is 0. The van der Waals surface area contributed by atoms with Crippen LogP contribution in [0, 0.1) is 5.92 Å². The topological polar surface area (TPSA) is 142 Å². The zero-order valence-electron chi connectivity index (χ0n) is 13.0. The second-order valence-electron chi connectivity index (χ2n) is 5.20. The van der Waals surface area contributed by atoms with E-state index in [4.69, 9.17) is 10.4 Å². The number of carbonyl (C=O) groups is 1. The van der Waals surface area contributed by atoms with E-state index >= 15 is 0 Å². The summed E-state index contributed by atoms with van der Waals surface area (Å²) < 4.78 is 30.7. The second-order valence-corrected chi connectivity index (χ2v) is 9.47. The molecule has 2 unspecified atom stereocenters. The fourth-order valence-corrected chi connectivity index (χ4v) is 3.10. The molecule has 0 bridgehead atoms. The van der Waals surface area contributed by atoms with Crippen molar-refractivity contribution in [2.45, 2.75) is 46.0 Å². The van der Waals surface area contributed by atoms with Crippen LogP contribution in [0.1, 0.15) is 46.0 Å². The third-order valence-electron chi connectivity index (χ3n) is 2.80. The molecule has 0 saturated carbocycles. The van der Waals surface area contributed by atoms with Crippen LogP contribution in [0.2, 0.25) is 0 Å². The van der Waals surface area contributed by atoms with Crippen molar-refractivity contribution in [3.63, 3.8) is 0 Å². The first kappa shape index (κ1) is 22.3. The Balaban J connectivity index is 4.54. The van der Waals surface area contributed by atoms with E-state index in [1.165, 1.54) is 0 Å². The van der Waals surface area contributed by atoms with Crippen LogP contribution in [0.5, 0.6) is 0 Å². The van der Waals surface area contributed by atoms with Gasteiger partial charge in [-0.05, 0) is 25.2 Å². The van der Waals surface area contributed by atoms with E-state index in [9.17, 15) is 18.8 Å². The highest BCUT2D eigenvalue weighted by atomic mass is 32.1. The van der Waals surface area contributed by atoms with Crippen LogP contribution < -0.4 is 4.89 Å². The molecule has 0 aromatic carbocycles. The Morgan fingerprint density at radius 1 is 1.43 bits per heavy atom. The summed E-state index contributed by atoms with van der Waals surface area (Å²) in [7, 11) is -8.25. The SMILES string of the molecule is CC(C)CCC/C=C(/CCOP(=O)(OOO)[P+](=O)[O-])CC(=O)O. The standard InChI is InChI=1S/C12H22O9P2/c1-10(2)5-3-4-6-11(9-12(13)14)7-8-19-23(18,21-20-15)22(16)17/h6,10,15H,3-5,7-9H2,1-2H3,(H,13,14)/b11-6-. The molecule has 0 aliphatic heterocycles. The van der Waals surface area contributed by atoms with Gasteiger partial charge in [0.2, 0.25) is 0 Å². The first-order valence-electron chi connectivity index (χ1n) is 7.00. The summed E-state index contributed by atoms with van der Waals surface area (Å²) in [6.45, 7) is 3.81. The van der Waals surface area contributed by atoms with Gasteiger partial charge >= 0.3 is 21.0 Å². The van der Waals surface area contributed by atoms with Gasteiger partial charge in [0, 0.05) is 0 Å². The minimum Gasteiger partial charge on any atom is -0.587 e. The average Bonchev–Trinajstić information content (AvgIpc) is 2.42. The second kappa shape index (κ2) is 11.8. The van der Waals surface area contributed by atoms with E-state index in [1.54, 1.807) is 6.08 Å². The minimum absolute atomic E-state index is 0.0654. The molecule has 0 aliphatic carbocycles. The maximum atomic E-state index is 11.6. The summed E-state index contributed by atoms with van der Waals surface area (Å²) in [5, 5.41) is 20.0. The normalized spacial score (nSPS) is 15.5. The van der Waals surface area contributed by atoms with Crippen LogP contribution in [0.25, 0.3) is 0 Å². The number of carboxylic acids is 1. The zero-order valence-corrected chi connectivity index (χ0v) is 14.8. The van der Waals surface area contributed by atoms with Gasteiger partial charge in [-0.3, -0.25) is 9.32 Å². The van der Waals surface area contributed by atoms with Gasteiger partial charge in [0.05, 0.1) is 13.0 Å². The van der Waals surface area contributed by atoms with Gasteiger partial charge in [0.25, 0.3) is 0 Å². The molecule has 0 aromatic rings. The molecule has 0 aliphatic rings. The third kappa shape index (κ3) is 10.7. The Bertz CT molecular complexity index is 461. The van der Waals surface area contributed by atoms with E-state index < -0.39 is 21.0 Å². The minimum atomic E-state index is -4.62. The number of unbranched alkanes of at least 4 members (excludes halogenated alkanes) is 1. The summed E-state index contributed by atoms with van der Waals surface area (Å²) in [5.41, 5.74) is 0.527. The van der Waals surface area contributed by atoms with Crippen LogP contribution >= 0.6 is 15.0 Å².